The lowest BCUT2D eigenvalue weighted by Gasteiger charge is -2.55. The zero-order valence-corrected chi connectivity index (χ0v) is 15.0. The van der Waals surface area contributed by atoms with Gasteiger partial charge in [0, 0.05) is 13.1 Å². The van der Waals surface area contributed by atoms with Crippen molar-refractivity contribution in [3.63, 3.8) is 0 Å². The highest BCUT2D eigenvalue weighted by atomic mass is 32.1. The molecule has 2 atom stereocenters. The summed E-state index contributed by atoms with van der Waals surface area (Å²) in [5.41, 5.74) is -0.123. The molecule has 4 saturated carbocycles. The molecule has 5 rings (SSSR count). The molecular formula is C18H28N2O2S. The van der Waals surface area contributed by atoms with E-state index in [1.807, 2.05) is 0 Å². The van der Waals surface area contributed by atoms with E-state index < -0.39 is 0 Å². The van der Waals surface area contributed by atoms with Crippen molar-refractivity contribution in [1.82, 2.24) is 10.2 Å². The fraction of sp³-hybridized carbons (Fsp3) is 0.889. The Morgan fingerprint density at radius 1 is 1.04 bits per heavy atom. The van der Waals surface area contributed by atoms with Crippen molar-refractivity contribution in [2.45, 2.75) is 64.6 Å². The Bertz CT molecular complexity index is 476. The first-order valence-electron chi connectivity index (χ1n) is 9.19. The number of carbonyl (C=O) groups excluding carboxylic acids is 1. The molecule has 4 nitrogen and oxygen atoms in total. The Balaban J connectivity index is 1.42. The lowest BCUT2D eigenvalue weighted by molar-refractivity contribution is -0.144. The largest absolute Gasteiger partial charge is 0.372 e. The van der Waals surface area contributed by atoms with Gasteiger partial charge in [-0.1, -0.05) is 0 Å². The molecule has 1 N–H and O–H groups in total. The summed E-state index contributed by atoms with van der Waals surface area (Å²) in [6.45, 7) is 5.66. The molecule has 0 unspecified atom stereocenters. The van der Waals surface area contributed by atoms with Crippen molar-refractivity contribution in [2.24, 2.45) is 23.2 Å². The summed E-state index contributed by atoms with van der Waals surface area (Å²) in [7, 11) is 0. The van der Waals surface area contributed by atoms with Gasteiger partial charge in [0.15, 0.2) is 5.11 Å². The average Bonchev–Trinajstić information content (AvgIpc) is 2.44. The van der Waals surface area contributed by atoms with Gasteiger partial charge >= 0.3 is 0 Å². The molecule has 1 aliphatic heterocycles. The van der Waals surface area contributed by atoms with E-state index in [0.717, 1.165) is 50.1 Å². The number of nitrogens with one attached hydrogen (secondary N) is 1. The number of hydrogen-bond acceptors (Lipinski definition) is 3. The van der Waals surface area contributed by atoms with Crippen LogP contribution in [0, 0.1) is 23.2 Å². The normalized spacial score (nSPS) is 45.1. The van der Waals surface area contributed by atoms with Gasteiger partial charge in [0.25, 0.3) is 0 Å². The number of ether oxygens (including phenoxy) is 1. The predicted molar refractivity (Wildman–Crippen MR) is 92.9 cm³/mol. The topological polar surface area (TPSA) is 41.6 Å². The first kappa shape index (κ1) is 15.8. The minimum absolute atomic E-state index is 0.123. The fourth-order valence-electron chi connectivity index (χ4n) is 6.04. The minimum Gasteiger partial charge on any atom is -0.372 e. The van der Waals surface area contributed by atoms with E-state index in [2.05, 4.69) is 24.1 Å². The number of carbonyl (C=O) groups is 1. The summed E-state index contributed by atoms with van der Waals surface area (Å²) in [6, 6.07) is 0. The second-order valence-electron chi connectivity index (χ2n) is 8.62. The molecule has 1 amide bonds. The summed E-state index contributed by atoms with van der Waals surface area (Å²) in [4.78, 5) is 15.2. The van der Waals surface area contributed by atoms with Crippen LogP contribution in [-0.2, 0) is 9.53 Å². The molecule has 0 spiro atoms. The SMILES string of the molecule is C[C@@H]1CN(C(=S)NC(=O)C23CC4CC(CC(C4)C2)C3)C[C@@H](C)O1. The van der Waals surface area contributed by atoms with Gasteiger partial charge in [0.05, 0.1) is 17.6 Å². The number of hydrogen-bond donors (Lipinski definition) is 1. The Morgan fingerprint density at radius 3 is 2.00 bits per heavy atom. The van der Waals surface area contributed by atoms with Crippen LogP contribution in [0.3, 0.4) is 0 Å². The number of rotatable bonds is 1. The number of nitrogens with zero attached hydrogens (tertiary/aromatic N) is 1. The molecule has 23 heavy (non-hydrogen) atoms. The Hall–Kier alpha value is -0.680. The van der Waals surface area contributed by atoms with Gasteiger partial charge in [0.1, 0.15) is 0 Å². The summed E-state index contributed by atoms with van der Waals surface area (Å²) >= 11 is 5.55. The zero-order chi connectivity index (χ0) is 16.2. The van der Waals surface area contributed by atoms with E-state index in [0.29, 0.717) is 5.11 Å². The van der Waals surface area contributed by atoms with E-state index in [4.69, 9.17) is 17.0 Å². The minimum atomic E-state index is -0.123. The standard InChI is InChI=1S/C18H28N2O2S/c1-11-9-20(10-12(2)22-11)17(23)19-16(21)18-6-13-3-14(7-18)5-15(4-13)8-18/h11-15H,3-10H2,1-2H3,(H,19,21,23)/t11-,12-,13?,14?,15?,18?/m1/s1. The third kappa shape index (κ3) is 2.91. The van der Waals surface area contributed by atoms with Crippen molar-refractivity contribution in [3.05, 3.63) is 0 Å². The molecule has 1 saturated heterocycles. The molecule has 5 heteroatoms. The molecule has 5 aliphatic rings. The third-order valence-corrected chi connectivity index (χ3v) is 6.81. The van der Waals surface area contributed by atoms with Gasteiger partial charge in [-0.05, 0) is 82.3 Å². The van der Waals surface area contributed by atoms with Crippen molar-refractivity contribution < 1.29 is 9.53 Å². The Labute approximate surface area is 144 Å². The summed E-state index contributed by atoms with van der Waals surface area (Å²) in [5.74, 6) is 2.55. The first-order chi connectivity index (χ1) is 10.9. The number of thiocarbonyl (C=S) groups is 1. The maximum Gasteiger partial charge on any atom is 0.232 e. The molecule has 128 valence electrons. The van der Waals surface area contributed by atoms with Crippen LogP contribution in [0.5, 0.6) is 0 Å². The predicted octanol–water partition coefficient (Wildman–Crippen LogP) is 2.71. The van der Waals surface area contributed by atoms with Crippen molar-refractivity contribution in [2.75, 3.05) is 13.1 Å². The molecule has 5 fully saturated rings. The van der Waals surface area contributed by atoms with Crippen LogP contribution in [-0.4, -0.2) is 41.2 Å². The maximum atomic E-state index is 13.1. The van der Waals surface area contributed by atoms with Gasteiger partial charge in [-0.3, -0.25) is 4.79 Å². The quantitative estimate of drug-likeness (QED) is 0.748. The van der Waals surface area contributed by atoms with E-state index in [1.165, 1.54) is 19.3 Å². The van der Waals surface area contributed by atoms with Crippen LogP contribution < -0.4 is 5.32 Å². The lowest BCUT2D eigenvalue weighted by Crippen LogP contribution is -2.58. The molecule has 0 aromatic rings. The van der Waals surface area contributed by atoms with Gasteiger partial charge in [-0.2, -0.15) is 0 Å². The third-order valence-electron chi connectivity index (χ3n) is 6.45. The Kier molecular flexibility index (Phi) is 3.92. The van der Waals surface area contributed by atoms with E-state index in [1.54, 1.807) is 0 Å². The average molecular weight is 337 g/mol. The highest BCUT2D eigenvalue weighted by Gasteiger charge is 2.54. The highest BCUT2D eigenvalue weighted by molar-refractivity contribution is 7.80. The second kappa shape index (κ2) is 5.69. The van der Waals surface area contributed by atoms with Gasteiger partial charge in [-0.25, -0.2) is 0 Å². The summed E-state index contributed by atoms with van der Waals surface area (Å²) in [5, 5.41) is 3.72. The van der Waals surface area contributed by atoms with Crippen molar-refractivity contribution >= 4 is 23.2 Å². The first-order valence-corrected chi connectivity index (χ1v) is 9.60. The Morgan fingerprint density at radius 2 is 1.52 bits per heavy atom. The monoisotopic (exact) mass is 336 g/mol. The lowest BCUT2D eigenvalue weighted by atomic mass is 9.49. The molecule has 4 bridgehead atoms. The molecular weight excluding hydrogens is 308 g/mol. The maximum absolute atomic E-state index is 13.1. The highest BCUT2D eigenvalue weighted by Crippen LogP contribution is 2.60. The summed E-state index contributed by atoms with van der Waals surface area (Å²) in [6.07, 6.45) is 7.65. The zero-order valence-electron chi connectivity index (χ0n) is 14.2. The summed E-state index contributed by atoms with van der Waals surface area (Å²) < 4.78 is 5.76. The van der Waals surface area contributed by atoms with Crippen LogP contribution in [0.2, 0.25) is 0 Å². The van der Waals surface area contributed by atoms with E-state index >= 15 is 0 Å². The van der Waals surface area contributed by atoms with Crippen LogP contribution in [0.4, 0.5) is 0 Å². The second-order valence-corrected chi connectivity index (χ2v) is 9.01. The molecule has 4 aliphatic carbocycles. The molecule has 0 radical (unpaired) electrons. The van der Waals surface area contributed by atoms with Gasteiger partial charge in [-0.15, -0.1) is 0 Å². The number of morpholine rings is 1. The molecule has 1 heterocycles. The van der Waals surface area contributed by atoms with Crippen LogP contribution in [0.25, 0.3) is 0 Å². The molecule has 0 aromatic carbocycles. The van der Waals surface area contributed by atoms with Gasteiger partial charge < -0.3 is 15.0 Å². The molecule has 0 aromatic heterocycles. The van der Waals surface area contributed by atoms with Crippen molar-refractivity contribution in [3.8, 4) is 0 Å². The van der Waals surface area contributed by atoms with E-state index in [-0.39, 0.29) is 23.5 Å². The van der Waals surface area contributed by atoms with Gasteiger partial charge in [0.2, 0.25) is 5.91 Å². The number of amides is 1. The van der Waals surface area contributed by atoms with Crippen LogP contribution in [0.1, 0.15) is 52.4 Å². The van der Waals surface area contributed by atoms with Crippen LogP contribution in [0.15, 0.2) is 0 Å². The fourth-order valence-corrected chi connectivity index (χ4v) is 6.28. The van der Waals surface area contributed by atoms with E-state index in [9.17, 15) is 4.79 Å². The van der Waals surface area contributed by atoms with Crippen molar-refractivity contribution in [1.29, 1.82) is 0 Å². The smallest absolute Gasteiger partial charge is 0.232 e. The van der Waals surface area contributed by atoms with Crippen LogP contribution >= 0.6 is 12.2 Å².